The maximum absolute atomic E-state index is 13.1. The fourth-order valence-electron chi connectivity index (χ4n) is 4.13. The van der Waals surface area contributed by atoms with Crippen LogP contribution in [0.1, 0.15) is 42.0 Å². The highest BCUT2D eigenvalue weighted by Crippen LogP contribution is 2.36. The number of alkyl halides is 1. The zero-order valence-corrected chi connectivity index (χ0v) is 25.4. The zero-order valence-electron chi connectivity index (χ0n) is 22.2. The molecule has 0 saturated heterocycles. The second-order valence-electron chi connectivity index (χ2n) is 9.01. The number of hydrogen-bond donors (Lipinski definition) is 0. The van der Waals surface area contributed by atoms with Gasteiger partial charge in [-0.1, -0.05) is 40.2 Å². The van der Waals surface area contributed by atoms with Crippen LogP contribution in [0, 0.1) is 18.2 Å². The fraction of sp³-hybridized carbons (Fsp3) is 0.0606. The van der Waals surface area contributed by atoms with Crippen LogP contribution >= 0.6 is 38.6 Å². The first kappa shape index (κ1) is 30.0. The number of benzene rings is 2. The Kier molecular flexibility index (Phi) is 9.57. The van der Waals surface area contributed by atoms with Gasteiger partial charge in [0.25, 0.3) is 0 Å². The number of halogens is 3. The van der Waals surface area contributed by atoms with Gasteiger partial charge in [-0.25, -0.2) is 15.4 Å². The maximum atomic E-state index is 13.1. The summed E-state index contributed by atoms with van der Waals surface area (Å²) < 4.78 is 36.4. The molecule has 0 bridgehead atoms. The lowest BCUT2D eigenvalue weighted by atomic mass is 10.1. The molecule has 2 aromatic carbocycles. The maximum Gasteiger partial charge on any atom is 0.241 e. The van der Waals surface area contributed by atoms with Gasteiger partial charge in [-0.05, 0) is 77.4 Å². The Morgan fingerprint density at radius 2 is 1.16 bits per heavy atom. The first-order valence-electron chi connectivity index (χ1n) is 12.7. The van der Waals surface area contributed by atoms with Gasteiger partial charge < -0.3 is 13.7 Å². The predicted octanol–water partition coefficient (Wildman–Crippen LogP) is 10.1. The van der Waals surface area contributed by atoms with E-state index in [1.807, 2.05) is 6.07 Å². The number of thiophene rings is 2. The van der Waals surface area contributed by atoms with E-state index in [-0.39, 0.29) is 35.5 Å². The van der Waals surface area contributed by atoms with Gasteiger partial charge >= 0.3 is 0 Å². The van der Waals surface area contributed by atoms with Crippen molar-refractivity contribution in [3.05, 3.63) is 153 Å². The third-order valence-corrected chi connectivity index (χ3v) is 9.22. The number of nitrogens with zero attached hydrogens (tertiary/aromatic N) is 1. The summed E-state index contributed by atoms with van der Waals surface area (Å²) in [4.78, 5) is 30.9. The summed E-state index contributed by atoms with van der Waals surface area (Å²) in [6, 6.07) is 22.5. The third-order valence-electron chi connectivity index (χ3n) is 6.16. The van der Waals surface area contributed by atoms with Gasteiger partial charge in [-0.15, -0.1) is 22.7 Å². The van der Waals surface area contributed by atoms with Crippen LogP contribution in [0.5, 0.6) is 0 Å². The molecule has 0 atom stereocenters. The van der Waals surface area contributed by atoms with Gasteiger partial charge in [0, 0.05) is 20.6 Å². The van der Waals surface area contributed by atoms with Crippen molar-refractivity contribution in [2.24, 2.45) is 0 Å². The highest BCUT2D eigenvalue weighted by Gasteiger charge is 2.21. The van der Waals surface area contributed by atoms with Crippen molar-refractivity contribution in [1.29, 1.82) is 0 Å². The van der Waals surface area contributed by atoms with E-state index in [4.69, 9.17) is 15.4 Å². The number of rotatable bonds is 8. The second-order valence-corrected chi connectivity index (χ2v) is 11.7. The average Bonchev–Trinajstić information content (AvgIpc) is 3.85. The number of carbonyl (C=O) groups is 2. The third kappa shape index (κ3) is 6.97. The van der Waals surface area contributed by atoms with Crippen molar-refractivity contribution >= 4 is 50.2 Å². The van der Waals surface area contributed by atoms with Gasteiger partial charge in [0.05, 0.1) is 22.3 Å². The molecule has 0 aliphatic rings. The van der Waals surface area contributed by atoms with Crippen LogP contribution in [0.3, 0.4) is 0 Å². The highest BCUT2D eigenvalue weighted by molar-refractivity contribution is 9.08. The number of hydrogen-bond acceptors (Lipinski definition) is 6. The molecule has 0 radical (unpaired) electrons. The summed E-state index contributed by atoms with van der Waals surface area (Å²) in [6.07, 6.45) is 2.93. The average molecular weight is 677 g/mol. The highest BCUT2D eigenvalue weighted by atomic mass is 79.9. The lowest BCUT2D eigenvalue weighted by Gasteiger charge is -2.00. The van der Waals surface area contributed by atoms with Crippen molar-refractivity contribution in [3.8, 4) is 20.9 Å². The molecular weight excluding hydrogens is 656 g/mol. The lowest BCUT2D eigenvalue weighted by Crippen LogP contribution is -1.95. The number of ketones is 2. The largest absolute Gasteiger partial charge is 0.461 e. The summed E-state index contributed by atoms with van der Waals surface area (Å²) in [5.74, 6) is -0.360. The van der Waals surface area contributed by atoms with Crippen molar-refractivity contribution in [1.82, 2.24) is 0 Å². The molecule has 214 valence electrons. The van der Waals surface area contributed by atoms with Crippen LogP contribution in [-0.4, -0.2) is 11.6 Å². The summed E-state index contributed by atoms with van der Waals surface area (Å²) in [7, 11) is 0. The van der Waals surface area contributed by atoms with Crippen molar-refractivity contribution in [2.75, 3.05) is 0 Å². The summed E-state index contributed by atoms with van der Waals surface area (Å²) >= 11 is 6.11. The van der Waals surface area contributed by atoms with E-state index < -0.39 is 0 Å². The normalized spacial score (nSPS) is 10.6. The van der Waals surface area contributed by atoms with E-state index in [2.05, 4.69) is 20.8 Å². The van der Waals surface area contributed by atoms with Crippen LogP contribution in [0.15, 0.2) is 106 Å². The number of carbonyl (C=O) groups excluding carboxylic acids is 2. The van der Waals surface area contributed by atoms with Crippen molar-refractivity contribution in [3.63, 3.8) is 0 Å². The first-order valence-corrected chi connectivity index (χ1v) is 15.5. The van der Waals surface area contributed by atoms with E-state index in [0.29, 0.717) is 20.8 Å². The minimum atomic E-state index is -0.320. The molecule has 0 unspecified atom stereocenters. The van der Waals surface area contributed by atoms with Crippen LogP contribution in [0.4, 0.5) is 8.78 Å². The van der Waals surface area contributed by atoms with Gasteiger partial charge in [0.15, 0.2) is 11.5 Å². The van der Waals surface area contributed by atoms with Gasteiger partial charge in [-0.2, -0.15) is 0 Å². The SMILES string of the molecule is O=C(c1ccco1)c1cc(CBr)c(-c2ccc(F)cc2)s1.[C-]#[N+]Cc1cc(C(=O)c2ccco2)sc1-c1ccc(F)cc1. The minimum Gasteiger partial charge on any atom is -0.461 e. The van der Waals surface area contributed by atoms with Gasteiger partial charge in [0.2, 0.25) is 18.1 Å². The van der Waals surface area contributed by atoms with Crippen molar-refractivity contribution in [2.45, 2.75) is 11.9 Å². The molecule has 10 heteroatoms. The Morgan fingerprint density at radius 3 is 1.56 bits per heavy atom. The molecule has 0 spiro atoms. The number of furan rings is 2. The van der Waals surface area contributed by atoms with Crippen LogP contribution in [0.2, 0.25) is 0 Å². The van der Waals surface area contributed by atoms with Crippen LogP contribution < -0.4 is 0 Å². The van der Waals surface area contributed by atoms with Gasteiger partial charge in [-0.3, -0.25) is 9.59 Å². The molecule has 0 amide bonds. The minimum absolute atomic E-state index is 0.138. The summed E-state index contributed by atoms with van der Waals surface area (Å²) in [6.45, 7) is 7.23. The molecule has 43 heavy (non-hydrogen) atoms. The summed E-state index contributed by atoms with van der Waals surface area (Å²) in [5, 5.41) is 0.627. The standard InChI is InChI=1S/C17H10FNO2S.C16H10BrFO2S/c1-19-10-12-9-15(16(20)14-3-2-8-21-14)22-17(12)11-4-6-13(18)7-5-11;17-9-11-8-14(15(19)13-2-1-7-20-13)21-16(11)10-3-5-12(18)6-4-10/h2-9H,10H2;1-8H,9H2. The molecule has 6 aromatic rings. The summed E-state index contributed by atoms with van der Waals surface area (Å²) in [5.41, 5.74) is 3.46. The Morgan fingerprint density at radius 1 is 0.721 bits per heavy atom. The molecule has 0 aliphatic carbocycles. The zero-order chi connectivity index (χ0) is 30.3. The van der Waals surface area contributed by atoms with Crippen LogP contribution in [0.25, 0.3) is 25.7 Å². The Bertz CT molecular complexity index is 1880. The molecule has 0 fully saturated rings. The van der Waals surface area contributed by atoms with E-state index >= 15 is 0 Å². The first-order chi connectivity index (χ1) is 20.9. The monoisotopic (exact) mass is 675 g/mol. The quantitative estimate of drug-likeness (QED) is 0.0915. The van der Waals surface area contributed by atoms with E-state index in [1.54, 1.807) is 54.6 Å². The van der Waals surface area contributed by atoms with E-state index in [1.165, 1.54) is 59.5 Å². The molecule has 6 rings (SSSR count). The molecule has 4 heterocycles. The molecular formula is C33H20BrF2NO4S2. The second kappa shape index (κ2) is 13.7. The molecule has 5 nitrogen and oxygen atoms in total. The van der Waals surface area contributed by atoms with E-state index in [0.717, 1.165) is 32.0 Å². The Hall–Kier alpha value is -4.43. The lowest BCUT2D eigenvalue weighted by molar-refractivity contribution is 0.101. The topological polar surface area (TPSA) is 64.8 Å². The molecule has 4 aromatic heterocycles. The van der Waals surface area contributed by atoms with Crippen molar-refractivity contribution < 1.29 is 27.2 Å². The Balaban J connectivity index is 0.000000171. The van der Waals surface area contributed by atoms with Gasteiger partial charge in [0.1, 0.15) is 11.6 Å². The van der Waals surface area contributed by atoms with Crippen LogP contribution in [-0.2, 0) is 11.9 Å². The molecule has 0 saturated carbocycles. The fourth-order valence-corrected chi connectivity index (χ4v) is 7.01. The molecule has 0 N–H and O–H groups in total. The molecule has 0 aliphatic heterocycles. The smallest absolute Gasteiger partial charge is 0.241 e. The predicted molar refractivity (Wildman–Crippen MR) is 167 cm³/mol. The Labute approximate surface area is 262 Å². The van der Waals surface area contributed by atoms with E-state index in [9.17, 15) is 18.4 Å².